The molecule has 6 nitrogen and oxygen atoms in total. The number of amides is 1. The quantitative estimate of drug-likeness (QED) is 0.356. The average Bonchev–Trinajstić information content (AvgIpc) is 2.73. The zero-order valence-electron chi connectivity index (χ0n) is 16.7. The smallest absolute Gasteiger partial charge is 0.337 e. The van der Waals surface area contributed by atoms with Crippen LogP contribution in [0.5, 0.6) is 5.75 Å². The third-order valence-corrected chi connectivity index (χ3v) is 4.34. The highest BCUT2D eigenvalue weighted by Crippen LogP contribution is 2.18. The largest absolute Gasteiger partial charge is 0.494 e. The van der Waals surface area contributed by atoms with Crippen molar-refractivity contribution < 1.29 is 19.1 Å². The van der Waals surface area contributed by atoms with Crippen LogP contribution in [0.25, 0.3) is 0 Å². The summed E-state index contributed by atoms with van der Waals surface area (Å²) in [5, 5.41) is 5.72. The van der Waals surface area contributed by atoms with Crippen molar-refractivity contribution in [2.45, 2.75) is 32.6 Å². The topological polar surface area (TPSA) is 76.7 Å². The number of ether oxygens (including phenoxy) is 2. The molecule has 0 fully saturated rings. The summed E-state index contributed by atoms with van der Waals surface area (Å²) >= 11 is 5.22. The number of anilines is 1. The fraction of sp³-hybridized carbons (Fsp3) is 0.318. The van der Waals surface area contributed by atoms with E-state index in [1.165, 1.54) is 26.0 Å². The zero-order chi connectivity index (χ0) is 21.1. The van der Waals surface area contributed by atoms with Crippen molar-refractivity contribution in [3.63, 3.8) is 0 Å². The van der Waals surface area contributed by atoms with Gasteiger partial charge in [0, 0.05) is 17.3 Å². The molecule has 29 heavy (non-hydrogen) atoms. The standard InChI is InChI=1S/C22H26N2O4S/c1-3-4-5-6-13-28-19-12-8-11-18(15-19)23-22(29)24-20(25)16-9-7-10-17(14-16)21(26)27-2/h7-12,14-15H,3-6,13H2,1-2H3,(H2,23,24,25,29). The molecule has 2 N–H and O–H groups in total. The van der Waals surface area contributed by atoms with Crippen molar-refractivity contribution in [2.75, 3.05) is 19.0 Å². The van der Waals surface area contributed by atoms with Crippen LogP contribution in [0.2, 0.25) is 0 Å². The number of carbonyl (C=O) groups excluding carboxylic acids is 2. The molecule has 0 saturated heterocycles. The second kappa shape index (κ2) is 11.8. The van der Waals surface area contributed by atoms with Crippen LogP contribution in [0.15, 0.2) is 48.5 Å². The summed E-state index contributed by atoms with van der Waals surface area (Å²) in [4.78, 5) is 24.0. The first-order valence-corrected chi connectivity index (χ1v) is 9.98. The molecular formula is C22H26N2O4S. The van der Waals surface area contributed by atoms with E-state index in [0.29, 0.717) is 23.4 Å². The van der Waals surface area contributed by atoms with Gasteiger partial charge in [-0.05, 0) is 49.0 Å². The number of rotatable bonds is 9. The van der Waals surface area contributed by atoms with E-state index < -0.39 is 11.9 Å². The Kier molecular flexibility index (Phi) is 9.11. The maximum absolute atomic E-state index is 12.4. The molecule has 2 aromatic rings. The van der Waals surface area contributed by atoms with Crippen molar-refractivity contribution in [2.24, 2.45) is 0 Å². The lowest BCUT2D eigenvalue weighted by atomic mass is 10.1. The molecule has 0 aliphatic heterocycles. The van der Waals surface area contributed by atoms with Gasteiger partial charge in [0.05, 0.1) is 19.3 Å². The third-order valence-electron chi connectivity index (χ3n) is 4.13. The van der Waals surface area contributed by atoms with E-state index >= 15 is 0 Å². The number of benzene rings is 2. The Morgan fingerprint density at radius 2 is 1.76 bits per heavy atom. The Morgan fingerprint density at radius 3 is 2.52 bits per heavy atom. The first-order valence-electron chi connectivity index (χ1n) is 9.57. The van der Waals surface area contributed by atoms with Crippen molar-refractivity contribution in [3.05, 3.63) is 59.7 Å². The summed E-state index contributed by atoms with van der Waals surface area (Å²) in [7, 11) is 1.29. The summed E-state index contributed by atoms with van der Waals surface area (Å²) < 4.78 is 10.4. The molecule has 0 radical (unpaired) electrons. The second-order valence-corrected chi connectivity index (χ2v) is 6.83. The van der Waals surface area contributed by atoms with Gasteiger partial charge in [-0.3, -0.25) is 10.1 Å². The molecule has 2 rings (SSSR count). The predicted octanol–water partition coefficient (Wildman–Crippen LogP) is 4.56. The van der Waals surface area contributed by atoms with Crippen molar-refractivity contribution in [3.8, 4) is 5.75 Å². The van der Waals surface area contributed by atoms with Gasteiger partial charge in [-0.15, -0.1) is 0 Å². The van der Waals surface area contributed by atoms with Crippen molar-refractivity contribution in [1.82, 2.24) is 5.32 Å². The minimum atomic E-state index is -0.508. The van der Waals surface area contributed by atoms with Crippen LogP contribution in [-0.2, 0) is 4.74 Å². The number of hydrogen-bond donors (Lipinski definition) is 2. The second-order valence-electron chi connectivity index (χ2n) is 6.42. The number of hydrogen-bond acceptors (Lipinski definition) is 5. The first kappa shape index (κ1) is 22.4. The summed E-state index contributed by atoms with van der Waals surface area (Å²) in [5.41, 5.74) is 1.31. The van der Waals surface area contributed by atoms with Crippen LogP contribution < -0.4 is 15.4 Å². The number of esters is 1. The fourth-order valence-electron chi connectivity index (χ4n) is 2.63. The highest BCUT2D eigenvalue weighted by molar-refractivity contribution is 7.80. The molecule has 154 valence electrons. The van der Waals surface area contributed by atoms with Crippen LogP contribution in [0.4, 0.5) is 5.69 Å². The fourth-order valence-corrected chi connectivity index (χ4v) is 2.84. The van der Waals surface area contributed by atoms with Crippen LogP contribution in [0.1, 0.15) is 53.3 Å². The van der Waals surface area contributed by atoms with Crippen molar-refractivity contribution in [1.29, 1.82) is 0 Å². The number of methoxy groups -OCH3 is 1. The monoisotopic (exact) mass is 414 g/mol. The van der Waals surface area contributed by atoms with E-state index in [0.717, 1.165) is 18.6 Å². The number of thiocarbonyl (C=S) groups is 1. The van der Waals surface area contributed by atoms with Crippen LogP contribution >= 0.6 is 12.2 Å². The number of nitrogens with one attached hydrogen (secondary N) is 2. The average molecular weight is 415 g/mol. The number of unbranched alkanes of at least 4 members (excludes halogenated alkanes) is 3. The predicted molar refractivity (Wildman–Crippen MR) is 118 cm³/mol. The Balaban J connectivity index is 1.89. The molecule has 2 aromatic carbocycles. The molecule has 0 spiro atoms. The lowest BCUT2D eigenvalue weighted by Crippen LogP contribution is -2.34. The Bertz CT molecular complexity index is 854. The van der Waals surface area contributed by atoms with E-state index in [4.69, 9.17) is 17.0 Å². The summed E-state index contributed by atoms with van der Waals surface area (Å²) in [6.45, 7) is 2.84. The lowest BCUT2D eigenvalue weighted by Gasteiger charge is -2.12. The lowest BCUT2D eigenvalue weighted by molar-refractivity contribution is 0.0600. The van der Waals surface area contributed by atoms with Gasteiger partial charge in [0.1, 0.15) is 5.75 Å². The Morgan fingerprint density at radius 1 is 1.00 bits per heavy atom. The summed E-state index contributed by atoms with van der Waals surface area (Å²) in [5.74, 6) is -0.185. The van der Waals surface area contributed by atoms with E-state index in [1.54, 1.807) is 18.2 Å². The van der Waals surface area contributed by atoms with Crippen LogP contribution in [0, 0.1) is 0 Å². The highest BCUT2D eigenvalue weighted by Gasteiger charge is 2.12. The third kappa shape index (κ3) is 7.54. The SMILES string of the molecule is CCCCCCOc1cccc(NC(=S)NC(=O)c2cccc(C(=O)OC)c2)c1. The van der Waals surface area contributed by atoms with E-state index in [-0.39, 0.29) is 5.11 Å². The molecule has 0 aliphatic carbocycles. The van der Waals surface area contributed by atoms with Gasteiger partial charge in [-0.2, -0.15) is 0 Å². The molecule has 0 atom stereocenters. The maximum Gasteiger partial charge on any atom is 0.337 e. The molecule has 1 amide bonds. The molecule has 0 unspecified atom stereocenters. The minimum absolute atomic E-state index is 0.151. The van der Waals surface area contributed by atoms with Gasteiger partial charge in [-0.1, -0.05) is 38.3 Å². The molecule has 0 bridgehead atoms. The van der Waals surface area contributed by atoms with Gasteiger partial charge < -0.3 is 14.8 Å². The van der Waals surface area contributed by atoms with Gasteiger partial charge in [0.15, 0.2) is 5.11 Å². The minimum Gasteiger partial charge on any atom is -0.494 e. The van der Waals surface area contributed by atoms with Crippen LogP contribution in [-0.4, -0.2) is 30.7 Å². The van der Waals surface area contributed by atoms with Gasteiger partial charge >= 0.3 is 5.97 Å². The van der Waals surface area contributed by atoms with E-state index in [1.807, 2.05) is 24.3 Å². The summed E-state index contributed by atoms with van der Waals surface area (Å²) in [6.07, 6.45) is 4.57. The van der Waals surface area contributed by atoms with Gasteiger partial charge in [0.2, 0.25) is 0 Å². The Labute approximate surface area is 176 Å². The van der Waals surface area contributed by atoms with Crippen molar-refractivity contribution >= 4 is 34.9 Å². The molecule has 0 aliphatic rings. The van der Waals surface area contributed by atoms with E-state index in [9.17, 15) is 9.59 Å². The van der Waals surface area contributed by atoms with Crippen LogP contribution in [0.3, 0.4) is 0 Å². The summed E-state index contributed by atoms with van der Waals surface area (Å²) in [6, 6.07) is 13.6. The molecule has 0 aromatic heterocycles. The number of carbonyl (C=O) groups is 2. The van der Waals surface area contributed by atoms with Gasteiger partial charge in [0.25, 0.3) is 5.91 Å². The van der Waals surface area contributed by atoms with E-state index in [2.05, 4.69) is 22.3 Å². The maximum atomic E-state index is 12.4. The zero-order valence-corrected chi connectivity index (χ0v) is 17.5. The Hall–Kier alpha value is -2.93. The molecule has 0 heterocycles. The van der Waals surface area contributed by atoms with Gasteiger partial charge in [-0.25, -0.2) is 4.79 Å². The molecule has 7 heteroatoms. The highest BCUT2D eigenvalue weighted by atomic mass is 32.1. The molecular weight excluding hydrogens is 388 g/mol. The normalized spacial score (nSPS) is 10.1. The first-order chi connectivity index (χ1) is 14.0. The molecule has 0 saturated carbocycles.